The van der Waals surface area contributed by atoms with Crippen molar-refractivity contribution in [1.82, 2.24) is 4.72 Å². The van der Waals surface area contributed by atoms with Crippen molar-refractivity contribution in [3.8, 4) is 0 Å². The van der Waals surface area contributed by atoms with Crippen LogP contribution in [0.2, 0.25) is 0 Å². The van der Waals surface area contributed by atoms with E-state index in [-0.39, 0.29) is 22.1 Å². The van der Waals surface area contributed by atoms with E-state index in [9.17, 15) is 12.8 Å². The number of rotatable bonds is 7. The summed E-state index contributed by atoms with van der Waals surface area (Å²) in [5.41, 5.74) is 0.306. The molecule has 0 saturated carbocycles. The Balaban J connectivity index is 3.18. The summed E-state index contributed by atoms with van der Waals surface area (Å²) in [6, 6.07) is 2.26. The first-order valence-electron chi connectivity index (χ1n) is 6.26. The molecule has 0 spiro atoms. The molecule has 1 aromatic carbocycles. The fourth-order valence-electron chi connectivity index (χ4n) is 1.80. The molecule has 1 rings (SSSR count). The van der Waals surface area contributed by atoms with Crippen molar-refractivity contribution in [1.29, 1.82) is 0 Å². The lowest BCUT2D eigenvalue weighted by Crippen LogP contribution is -2.36. The van der Waals surface area contributed by atoms with Crippen LogP contribution in [0.5, 0.6) is 0 Å². The summed E-state index contributed by atoms with van der Waals surface area (Å²) in [7, 11) is -3.79. The van der Waals surface area contributed by atoms with Crippen molar-refractivity contribution >= 4 is 21.8 Å². The van der Waals surface area contributed by atoms with Gasteiger partial charge < -0.3 is 5.11 Å². The van der Waals surface area contributed by atoms with Crippen molar-refractivity contribution in [3.63, 3.8) is 0 Å². The van der Waals surface area contributed by atoms with Gasteiger partial charge in [0.05, 0.1) is 11.5 Å². The number of aliphatic hydroxyl groups is 1. The Labute approximate surface area is 123 Å². The lowest BCUT2D eigenvalue weighted by molar-refractivity contribution is 0.281. The average Bonchev–Trinajstić information content (AvgIpc) is 2.40. The van der Waals surface area contributed by atoms with Gasteiger partial charge in [-0.3, -0.25) is 0 Å². The molecule has 0 radical (unpaired) electrons. The second kappa shape index (κ2) is 7.40. The van der Waals surface area contributed by atoms with E-state index in [0.29, 0.717) is 12.2 Å². The standard InChI is InChI=1S/C13H20FNO3S2/c1-4-11(8-19-3)15-20(17,18)13-6-10(7-16)5-12(14)9(13)2/h5-6,11,15-16H,4,7-8H2,1-3H3. The Kier molecular flexibility index (Phi) is 6.44. The Morgan fingerprint density at radius 2 is 2.10 bits per heavy atom. The molecule has 0 fully saturated rings. The first kappa shape index (κ1) is 17.4. The van der Waals surface area contributed by atoms with Gasteiger partial charge in [0.2, 0.25) is 10.0 Å². The number of benzene rings is 1. The molecular formula is C13H20FNO3S2. The van der Waals surface area contributed by atoms with Gasteiger partial charge in [-0.15, -0.1) is 0 Å². The van der Waals surface area contributed by atoms with E-state index in [4.69, 9.17) is 5.11 Å². The largest absolute Gasteiger partial charge is 0.392 e. The highest BCUT2D eigenvalue weighted by Crippen LogP contribution is 2.21. The van der Waals surface area contributed by atoms with Crippen molar-refractivity contribution in [3.05, 3.63) is 29.1 Å². The molecule has 0 bridgehead atoms. The summed E-state index contributed by atoms with van der Waals surface area (Å²) in [5.74, 6) is 0.0200. The maximum absolute atomic E-state index is 13.7. The van der Waals surface area contributed by atoms with Crippen LogP contribution >= 0.6 is 11.8 Å². The first-order chi connectivity index (χ1) is 9.35. The molecule has 4 nitrogen and oxygen atoms in total. The van der Waals surface area contributed by atoms with Crippen LogP contribution in [0.25, 0.3) is 0 Å². The predicted octanol–water partition coefficient (Wildman–Crippen LogP) is 2.05. The molecule has 1 atom stereocenters. The molecule has 1 unspecified atom stereocenters. The molecule has 7 heteroatoms. The molecule has 20 heavy (non-hydrogen) atoms. The highest BCUT2D eigenvalue weighted by molar-refractivity contribution is 7.98. The van der Waals surface area contributed by atoms with E-state index in [1.54, 1.807) is 11.8 Å². The van der Waals surface area contributed by atoms with E-state index in [0.717, 1.165) is 6.07 Å². The molecule has 114 valence electrons. The molecule has 0 aromatic heterocycles. The summed E-state index contributed by atoms with van der Waals surface area (Å²) in [5, 5.41) is 9.07. The van der Waals surface area contributed by atoms with Crippen molar-refractivity contribution in [2.24, 2.45) is 0 Å². The van der Waals surface area contributed by atoms with Gasteiger partial charge >= 0.3 is 0 Å². The maximum Gasteiger partial charge on any atom is 0.241 e. The highest BCUT2D eigenvalue weighted by Gasteiger charge is 2.23. The highest BCUT2D eigenvalue weighted by atomic mass is 32.2. The van der Waals surface area contributed by atoms with Crippen LogP contribution < -0.4 is 4.72 Å². The fourth-order valence-corrected chi connectivity index (χ4v) is 4.25. The van der Waals surface area contributed by atoms with Crippen LogP contribution in [0, 0.1) is 12.7 Å². The summed E-state index contributed by atoms with van der Waals surface area (Å²) in [4.78, 5) is -0.110. The van der Waals surface area contributed by atoms with Crippen LogP contribution in [-0.4, -0.2) is 31.6 Å². The van der Waals surface area contributed by atoms with Gasteiger partial charge in [0, 0.05) is 17.4 Å². The van der Waals surface area contributed by atoms with E-state index in [1.807, 2.05) is 13.2 Å². The van der Waals surface area contributed by atoms with Crippen LogP contribution in [0.1, 0.15) is 24.5 Å². The third kappa shape index (κ3) is 4.18. The third-order valence-electron chi connectivity index (χ3n) is 3.01. The zero-order valence-corrected chi connectivity index (χ0v) is 13.4. The molecule has 0 aliphatic heterocycles. The Hall–Kier alpha value is -0.630. The molecule has 0 aliphatic carbocycles. The second-order valence-electron chi connectivity index (χ2n) is 4.54. The summed E-state index contributed by atoms with van der Waals surface area (Å²) < 4.78 is 41.0. The van der Waals surface area contributed by atoms with E-state index in [1.165, 1.54) is 13.0 Å². The van der Waals surface area contributed by atoms with Gasteiger partial charge in [0.15, 0.2) is 0 Å². The number of hydrogen-bond donors (Lipinski definition) is 2. The van der Waals surface area contributed by atoms with Crippen LogP contribution in [0.3, 0.4) is 0 Å². The Morgan fingerprint density at radius 3 is 2.60 bits per heavy atom. The Bertz CT molecular complexity index is 561. The molecule has 0 amide bonds. The van der Waals surface area contributed by atoms with E-state index >= 15 is 0 Å². The zero-order valence-electron chi connectivity index (χ0n) is 11.8. The maximum atomic E-state index is 13.7. The average molecular weight is 321 g/mol. The topological polar surface area (TPSA) is 66.4 Å². The van der Waals surface area contributed by atoms with Crippen LogP contribution in [-0.2, 0) is 16.6 Å². The zero-order chi connectivity index (χ0) is 15.3. The van der Waals surface area contributed by atoms with Gasteiger partial charge in [0.25, 0.3) is 0 Å². The molecular weight excluding hydrogens is 301 g/mol. The normalized spacial score (nSPS) is 13.4. The van der Waals surface area contributed by atoms with Gasteiger partial charge in [-0.2, -0.15) is 11.8 Å². The van der Waals surface area contributed by atoms with Crippen molar-refractivity contribution < 1.29 is 17.9 Å². The molecule has 0 heterocycles. The number of sulfonamides is 1. The third-order valence-corrected chi connectivity index (χ3v) is 5.39. The first-order valence-corrected chi connectivity index (χ1v) is 9.14. The summed E-state index contributed by atoms with van der Waals surface area (Å²) >= 11 is 1.54. The van der Waals surface area contributed by atoms with Crippen LogP contribution in [0.4, 0.5) is 4.39 Å². The summed E-state index contributed by atoms with van der Waals surface area (Å²) in [6.07, 6.45) is 2.55. The van der Waals surface area contributed by atoms with E-state index < -0.39 is 22.4 Å². The molecule has 0 saturated heterocycles. The van der Waals surface area contributed by atoms with Crippen molar-refractivity contribution in [2.45, 2.75) is 37.8 Å². The molecule has 1 aromatic rings. The second-order valence-corrected chi connectivity index (χ2v) is 7.13. The van der Waals surface area contributed by atoms with Gasteiger partial charge in [-0.1, -0.05) is 6.92 Å². The molecule has 0 aliphatic rings. The van der Waals surface area contributed by atoms with Gasteiger partial charge in [-0.25, -0.2) is 17.5 Å². The number of thioether (sulfide) groups is 1. The number of nitrogens with one attached hydrogen (secondary N) is 1. The van der Waals surface area contributed by atoms with Crippen LogP contribution in [0.15, 0.2) is 17.0 Å². The molecule has 2 N–H and O–H groups in total. The quantitative estimate of drug-likeness (QED) is 0.806. The number of hydrogen-bond acceptors (Lipinski definition) is 4. The minimum atomic E-state index is -3.79. The van der Waals surface area contributed by atoms with Crippen molar-refractivity contribution in [2.75, 3.05) is 12.0 Å². The number of aliphatic hydroxyl groups excluding tert-OH is 1. The lowest BCUT2D eigenvalue weighted by atomic mass is 10.1. The lowest BCUT2D eigenvalue weighted by Gasteiger charge is -2.17. The fraction of sp³-hybridized carbons (Fsp3) is 0.538. The van der Waals surface area contributed by atoms with E-state index in [2.05, 4.69) is 4.72 Å². The Morgan fingerprint density at radius 1 is 1.45 bits per heavy atom. The SMILES string of the molecule is CCC(CSC)NS(=O)(=O)c1cc(CO)cc(F)c1C. The van der Waals surface area contributed by atoms with Gasteiger partial charge in [-0.05, 0) is 37.3 Å². The monoisotopic (exact) mass is 321 g/mol. The number of halogens is 1. The minimum absolute atomic E-state index is 0.0636. The minimum Gasteiger partial charge on any atom is -0.392 e. The predicted molar refractivity (Wildman–Crippen MR) is 79.8 cm³/mol. The summed E-state index contributed by atoms with van der Waals surface area (Å²) in [6.45, 7) is 2.91. The smallest absolute Gasteiger partial charge is 0.241 e. The van der Waals surface area contributed by atoms with Gasteiger partial charge in [0.1, 0.15) is 5.82 Å².